The van der Waals surface area contributed by atoms with Gasteiger partial charge in [0.2, 0.25) is 5.91 Å². The number of rotatable bonds is 4. The first kappa shape index (κ1) is 15.6. The Bertz CT molecular complexity index is 678. The molecule has 1 fully saturated rings. The average molecular weight is 314 g/mol. The SMILES string of the molecule is O=C(CCc1ccccn1)N1CC(O)CC1c1cccc(F)c1. The van der Waals surface area contributed by atoms with Crippen LogP contribution in [0.2, 0.25) is 0 Å². The molecule has 1 aromatic heterocycles. The number of nitrogens with zero attached hydrogens (tertiary/aromatic N) is 2. The van der Waals surface area contributed by atoms with Crippen LogP contribution in [-0.4, -0.2) is 33.5 Å². The van der Waals surface area contributed by atoms with Crippen LogP contribution in [0.3, 0.4) is 0 Å². The van der Waals surface area contributed by atoms with Crippen LogP contribution >= 0.6 is 0 Å². The number of carbonyl (C=O) groups excluding carboxylic acids is 1. The van der Waals surface area contributed by atoms with Gasteiger partial charge in [0.1, 0.15) is 5.82 Å². The molecule has 4 nitrogen and oxygen atoms in total. The highest BCUT2D eigenvalue weighted by Gasteiger charge is 2.35. The van der Waals surface area contributed by atoms with Crippen LogP contribution in [0, 0.1) is 5.82 Å². The van der Waals surface area contributed by atoms with Crippen LogP contribution in [0.1, 0.15) is 30.1 Å². The summed E-state index contributed by atoms with van der Waals surface area (Å²) in [7, 11) is 0. The molecule has 2 heterocycles. The van der Waals surface area contributed by atoms with Gasteiger partial charge in [-0.15, -0.1) is 0 Å². The Kier molecular flexibility index (Phi) is 4.67. The number of aryl methyl sites for hydroxylation is 1. The van der Waals surface area contributed by atoms with E-state index in [-0.39, 0.29) is 17.8 Å². The second-order valence-electron chi connectivity index (χ2n) is 5.83. The minimum Gasteiger partial charge on any atom is -0.391 e. The van der Waals surface area contributed by atoms with Crippen molar-refractivity contribution in [1.29, 1.82) is 0 Å². The maximum Gasteiger partial charge on any atom is 0.223 e. The molecule has 120 valence electrons. The third kappa shape index (κ3) is 3.74. The predicted octanol–water partition coefficient (Wildman–Crippen LogP) is 2.49. The third-order valence-electron chi connectivity index (χ3n) is 4.15. The van der Waals surface area contributed by atoms with Gasteiger partial charge >= 0.3 is 0 Å². The smallest absolute Gasteiger partial charge is 0.223 e. The summed E-state index contributed by atoms with van der Waals surface area (Å²) in [6, 6.07) is 11.6. The number of hydrogen-bond acceptors (Lipinski definition) is 3. The Morgan fingerprint density at radius 3 is 2.91 bits per heavy atom. The Labute approximate surface area is 134 Å². The van der Waals surface area contributed by atoms with E-state index in [4.69, 9.17) is 0 Å². The van der Waals surface area contributed by atoms with Gasteiger partial charge in [0.15, 0.2) is 0 Å². The summed E-state index contributed by atoms with van der Waals surface area (Å²) in [5.74, 6) is -0.369. The Morgan fingerprint density at radius 2 is 2.17 bits per heavy atom. The first-order chi connectivity index (χ1) is 11.1. The van der Waals surface area contributed by atoms with E-state index in [1.165, 1.54) is 12.1 Å². The molecule has 1 amide bonds. The van der Waals surface area contributed by atoms with E-state index in [0.29, 0.717) is 25.8 Å². The quantitative estimate of drug-likeness (QED) is 0.943. The first-order valence-electron chi connectivity index (χ1n) is 7.76. The number of likely N-dealkylation sites (tertiary alicyclic amines) is 1. The van der Waals surface area contributed by atoms with Crippen molar-refractivity contribution in [2.75, 3.05) is 6.54 Å². The molecule has 2 aromatic rings. The van der Waals surface area contributed by atoms with Gasteiger partial charge < -0.3 is 10.0 Å². The monoisotopic (exact) mass is 314 g/mol. The maximum atomic E-state index is 13.4. The van der Waals surface area contributed by atoms with Crippen molar-refractivity contribution in [3.8, 4) is 0 Å². The maximum absolute atomic E-state index is 13.4. The highest BCUT2D eigenvalue weighted by atomic mass is 19.1. The summed E-state index contributed by atoms with van der Waals surface area (Å²) in [6.07, 6.45) is 2.47. The zero-order chi connectivity index (χ0) is 16.2. The lowest BCUT2D eigenvalue weighted by molar-refractivity contribution is -0.132. The molecular formula is C18H19FN2O2. The number of halogens is 1. The number of hydrogen-bond donors (Lipinski definition) is 1. The van der Waals surface area contributed by atoms with Gasteiger partial charge in [-0.1, -0.05) is 18.2 Å². The molecule has 1 saturated heterocycles. The molecule has 0 spiro atoms. The lowest BCUT2D eigenvalue weighted by atomic mass is 10.0. The molecule has 1 aliphatic heterocycles. The van der Waals surface area contributed by atoms with Crippen molar-refractivity contribution < 1.29 is 14.3 Å². The zero-order valence-electron chi connectivity index (χ0n) is 12.7. The second-order valence-corrected chi connectivity index (χ2v) is 5.83. The van der Waals surface area contributed by atoms with Crippen molar-refractivity contribution >= 4 is 5.91 Å². The molecule has 0 aliphatic carbocycles. The standard InChI is InChI=1S/C18H19FN2O2/c19-14-5-3-4-13(10-14)17-11-16(22)12-21(17)18(23)8-7-15-6-1-2-9-20-15/h1-6,9-10,16-17,22H,7-8,11-12H2. The summed E-state index contributed by atoms with van der Waals surface area (Å²) in [4.78, 5) is 18.4. The number of amides is 1. The molecule has 5 heteroatoms. The summed E-state index contributed by atoms with van der Waals surface area (Å²) in [5, 5.41) is 9.93. The number of aromatic nitrogens is 1. The second kappa shape index (κ2) is 6.87. The van der Waals surface area contributed by atoms with Crippen molar-refractivity contribution in [3.63, 3.8) is 0 Å². The summed E-state index contributed by atoms with van der Waals surface area (Å²) in [5.41, 5.74) is 1.59. The van der Waals surface area contributed by atoms with E-state index in [9.17, 15) is 14.3 Å². The van der Waals surface area contributed by atoms with Gasteiger partial charge in [0.25, 0.3) is 0 Å². The molecule has 3 rings (SSSR count). The largest absolute Gasteiger partial charge is 0.391 e. The van der Waals surface area contributed by atoms with Crippen molar-refractivity contribution in [1.82, 2.24) is 9.88 Å². The average Bonchev–Trinajstić information content (AvgIpc) is 2.96. The normalized spacial score (nSPS) is 20.7. The van der Waals surface area contributed by atoms with E-state index in [1.807, 2.05) is 18.2 Å². The molecule has 0 saturated carbocycles. The van der Waals surface area contributed by atoms with Gasteiger partial charge in [0.05, 0.1) is 12.1 Å². The molecule has 1 aromatic carbocycles. The van der Waals surface area contributed by atoms with Crippen molar-refractivity contribution in [3.05, 3.63) is 65.7 Å². The summed E-state index contributed by atoms with van der Waals surface area (Å²) < 4.78 is 13.4. The van der Waals surface area contributed by atoms with E-state index in [2.05, 4.69) is 4.98 Å². The molecular weight excluding hydrogens is 295 g/mol. The lowest BCUT2D eigenvalue weighted by Gasteiger charge is -2.25. The molecule has 0 radical (unpaired) electrons. The highest BCUT2D eigenvalue weighted by molar-refractivity contribution is 5.77. The Balaban J connectivity index is 1.70. The van der Waals surface area contributed by atoms with Crippen LogP contribution in [0.15, 0.2) is 48.7 Å². The van der Waals surface area contributed by atoms with Crippen LogP contribution in [0.25, 0.3) is 0 Å². The first-order valence-corrected chi connectivity index (χ1v) is 7.76. The fraction of sp³-hybridized carbons (Fsp3) is 0.333. The van der Waals surface area contributed by atoms with Crippen molar-refractivity contribution in [2.24, 2.45) is 0 Å². The van der Waals surface area contributed by atoms with Gasteiger partial charge in [-0.2, -0.15) is 0 Å². The lowest BCUT2D eigenvalue weighted by Crippen LogP contribution is -2.32. The fourth-order valence-corrected chi connectivity index (χ4v) is 3.04. The number of carbonyl (C=O) groups is 1. The summed E-state index contributed by atoms with van der Waals surface area (Å²) in [6.45, 7) is 0.294. The minimum absolute atomic E-state index is 0.0403. The van der Waals surface area contributed by atoms with Gasteiger partial charge in [0, 0.05) is 24.9 Å². The number of benzene rings is 1. The van der Waals surface area contributed by atoms with Crippen LogP contribution in [0.5, 0.6) is 0 Å². The van der Waals surface area contributed by atoms with E-state index >= 15 is 0 Å². The number of β-amino-alcohol motifs (C(OH)–C–C–N with tert-alkyl or cyclic N) is 1. The van der Waals surface area contributed by atoms with Crippen LogP contribution < -0.4 is 0 Å². The number of aliphatic hydroxyl groups is 1. The molecule has 1 aliphatic rings. The molecule has 23 heavy (non-hydrogen) atoms. The molecule has 2 unspecified atom stereocenters. The molecule has 0 bridgehead atoms. The number of aliphatic hydroxyl groups excluding tert-OH is 1. The highest BCUT2D eigenvalue weighted by Crippen LogP contribution is 2.33. The third-order valence-corrected chi connectivity index (χ3v) is 4.15. The van der Waals surface area contributed by atoms with E-state index < -0.39 is 6.10 Å². The van der Waals surface area contributed by atoms with Crippen LogP contribution in [-0.2, 0) is 11.2 Å². The van der Waals surface area contributed by atoms with E-state index in [1.54, 1.807) is 23.2 Å². The Hall–Kier alpha value is -2.27. The fourth-order valence-electron chi connectivity index (χ4n) is 3.04. The zero-order valence-corrected chi connectivity index (χ0v) is 12.7. The molecule has 1 N–H and O–H groups in total. The Morgan fingerprint density at radius 1 is 1.30 bits per heavy atom. The number of pyridine rings is 1. The van der Waals surface area contributed by atoms with Crippen LogP contribution in [0.4, 0.5) is 4.39 Å². The van der Waals surface area contributed by atoms with Gasteiger partial charge in [-0.25, -0.2) is 4.39 Å². The predicted molar refractivity (Wildman–Crippen MR) is 84.0 cm³/mol. The van der Waals surface area contributed by atoms with Crippen molar-refractivity contribution in [2.45, 2.75) is 31.4 Å². The summed E-state index contributed by atoms with van der Waals surface area (Å²) >= 11 is 0. The van der Waals surface area contributed by atoms with Gasteiger partial charge in [-0.3, -0.25) is 9.78 Å². The van der Waals surface area contributed by atoms with E-state index in [0.717, 1.165) is 11.3 Å². The topological polar surface area (TPSA) is 53.4 Å². The van der Waals surface area contributed by atoms with Gasteiger partial charge in [-0.05, 0) is 42.7 Å². The molecule has 2 atom stereocenters. The minimum atomic E-state index is -0.568.